The van der Waals surface area contributed by atoms with Gasteiger partial charge >= 0.3 is 0 Å². The molecule has 6 heteroatoms. The lowest BCUT2D eigenvalue weighted by molar-refractivity contribution is 0.468. The summed E-state index contributed by atoms with van der Waals surface area (Å²) in [5, 5.41) is 14.4. The highest BCUT2D eigenvalue weighted by molar-refractivity contribution is 9.10. The van der Waals surface area contributed by atoms with E-state index >= 15 is 0 Å². The van der Waals surface area contributed by atoms with Crippen LogP contribution in [0.4, 0.5) is 11.4 Å². The lowest BCUT2D eigenvalue weighted by Gasteiger charge is -2.10. The molecule has 4 aromatic rings. The topological polar surface area (TPSA) is 57.2 Å². The molecular weight excluding hydrogens is 434 g/mol. The number of nitrogens with zero attached hydrogens (tertiary/aromatic N) is 1. The molecule has 0 fully saturated rings. The molecule has 0 aliphatic rings. The number of hydrogen-bond acceptors (Lipinski definition) is 5. The molecular formula is C22H18BrN3OS. The number of phenols is 1. The molecule has 0 atom stereocenters. The van der Waals surface area contributed by atoms with Crippen LogP contribution in [-0.4, -0.2) is 10.1 Å². The summed E-state index contributed by atoms with van der Waals surface area (Å²) in [6.07, 6.45) is 1.81. The Kier molecular flexibility index (Phi) is 5.69. The number of para-hydroxylation sites is 1. The normalized spacial score (nSPS) is 10.8. The quantitative estimate of drug-likeness (QED) is 0.294. The fourth-order valence-electron chi connectivity index (χ4n) is 2.83. The van der Waals surface area contributed by atoms with Crippen molar-refractivity contribution < 1.29 is 5.11 Å². The Morgan fingerprint density at radius 1 is 0.964 bits per heavy atom. The molecule has 3 aromatic carbocycles. The van der Waals surface area contributed by atoms with Gasteiger partial charge in [-0.25, -0.2) is 0 Å². The van der Waals surface area contributed by atoms with Gasteiger partial charge in [0.1, 0.15) is 5.75 Å². The van der Waals surface area contributed by atoms with Crippen LogP contribution in [0.5, 0.6) is 5.75 Å². The van der Waals surface area contributed by atoms with Gasteiger partial charge < -0.3 is 15.1 Å². The first-order valence-corrected chi connectivity index (χ1v) is 10.4. The fourth-order valence-corrected chi connectivity index (χ4v) is 3.84. The van der Waals surface area contributed by atoms with Gasteiger partial charge in [-0.15, -0.1) is 0 Å². The van der Waals surface area contributed by atoms with E-state index in [1.54, 1.807) is 18.0 Å². The number of aromatic hydroxyl groups is 1. The zero-order valence-electron chi connectivity index (χ0n) is 14.9. The number of aromatic nitrogens is 1. The number of anilines is 2. The Bertz CT molecular complexity index is 1100. The van der Waals surface area contributed by atoms with Crippen molar-refractivity contribution in [1.82, 2.24) is 4.98 Å². The smallest absolute Gasteiger partial charge is 0.121 e. The lowest BCUT2D eigenvalue weighted by atomic mass is 10.2. The minimum Gasteiger partial charge on any atom is -0.508 e. The zero-order chi connectivity index (χ0) is 19.3. The van der Waals surface area contributed by atoms with Crippen molar-refractivity contribution in [2.45, 2.75) is 11.4 Å². The predicted molar refractivity (Wildman–Crippen MR) is 121 cm³/mol. The van der Waals surface area contributed by atoms with Gasteiger partial charge in [0.2, 0.25) is 0 Å². The van der Waals surface area contributed by atoms with E-state index in [2.05, 4.69) is 55.2 Å². The molecule has 1 aromatic heterocycles. The van der Waals surface area contributed by atoms with Crippen molar-refractivity contribution in [1.29, 1.82) is 0 Å². The minimum absolute atomic E-state index is 0.280. The molecule has 0 radical (unpaired) electrons. The van der Waals surface area contributed by atoms with E-state index in [0.29, 0.717) is 6.54 Å². The zero-order valence-corrected chi connectivity index (χ0v) is 17.3. The summed E-state index contributed by atoms with van der Waals surface area (Å²) < 4.78 is 4.26. The predicted octanol–water partition coefficient (Wildman–Crippen LogP) is 6.43. The van der Waals surface area contributed by atoms with Crippen LogP contribution in [0, 0.1) is 0 Å². The Balaban J connectivity index is 1.38. The summed E-state index contributed by atoms with van der Waals surface area (Å²) in [6, 6.07) is 23.8. The van der Waals surface area contributed by atoms with Gasteiger partial charge in [0.15, 0.2) is 0 Å². The second-order valence-corrected chi connectivity index (χ2v) is 8.03. The molecule has 0 aliphatic carbocycles. The highest BCUT2D eigenvalue weighted by Gasteiger charge is 2.04. The van der Waals surface area contributed by atoms with Crippen molar-refractivity contribution in [3.63, 3.8) is 0 Å². The molecule has 0 saturated carbocycles. The van der Waals surface area contributed by atoms with Gasteiger partial charge in [-0.05, 0) is 60.5 Å². The van der Waals surface area contributed by atoms with Crippen LogP contribution in [-0.2, 0) is 6.54 Å². The fraction of sp³-hybridized carbons (Fsp3) is 0.0455. The number of halogens is 1. The minimum atomic E-state index is 0.280. The molecule has 0 spiro atoms. The van der Waals surface area contributed by atoms with Crippen molar-refractivity contribution in [3.8, 4) is 5.75 Å². The summed E-state index contributed by atoms with van der Waals surface area (Å²) in [6.45, 7) is 0.561. The van der Waals surface area contributed by atoms with Gasteiger partial charge in [0.05, 0.1) is 11.2 Å². The molecule has 140 valence electrons. The number of pyridine rings is 1. The van der Waals surface area contributed by atoms with Gasteiger partial charge in [-0.3, -0.25) is 4.98 Å². The second-order valence-electron chi connectivity index (χ2n) is 6.24. The maximum Gasteiger partial charge on any atom is 0.121 e. The number of rotatable bonds is 6. The third-order valence-corrected chi connectivity index (χ3v) is 5.62. The summed E-state index contributed by atoms with van der Waals surface area (Å²) in [5.41, 5.74) is 3.81. The van der Waals surface area contributed by atoms with Gasteiger partial charge in [-0.2, -0.15) is 0 Å². The van der Waals surface area contributed by atoms with Crippen LogP contribution in [0.3, 0.4) is 0 Å². The average Bonchev–Trinajstić information content (AvgIpc) is 2.72. The molecule has 3 N–H and O–H groups in total. The van der Waals surface area contributed by atoms with Crippen LogP contribution in [0.25, 0.3) is 10.9 Å². The number of fused-ring (bicyclic) bond motifs is 1. The van der Waals surface area contributed by atoms with Gasteiger partial charge in [0, 0.05) is 38.7 Å². The van der Waals surface area contributed by atoms with Crippen LogP contribution >= 0.6 is 27.9 Å². The molecule has 0 amide bonds. The second kappa shape index (κ2) is 8.54. The van der Waals surface area contributed by atoms with Gasteiger partial charge in [-0.1, -0.05) is 40.2 Å². The first kappa shape index (κ1) is 18.7. The summed E-state index contributed by atoms with van der Waals surface area (Å²) in [5.74, 6) is 0.280. The van der Waals surface area contributed by atoms with E-state index in [9.17, 15) is 5.11 Å². The van der Waals surface area contributed by atoms with Crippen LogP contribution in [0.2, 0.25) is 0 Å². The molecule has 0 unspecified atom stereocenters. The van der Waals surface area contributed by atoms with Crippen LogP contribution in [0.15, 0.2) is 88.4 Å². The molecule has 0 aliphatic heterocycles. The molecule has 28 heavy (non-hydrogen) atoms. The number of phenolic OH excluding ortho intramolecular Hbond substituents is 1. The number of hydrogen-bond donors (Lipinski definition) is 3. The van der Waals surface area contributed by atoms with Crippen molar-refractivity contribution in [2.75, 3.05) is 10.0 Å². The number of nitrogens with one attached hydrogen (secondary N) is 2. The molecule has 0 bridgehead atoms. The highest BCUT2D eigenvalue weighted by Crippen LogP contribution is 2.28. The van der Waals surface area contributed by atoms with Crippen molar-refractivity contribution in [3.05, 3.63) is 89.0 Å². The van der Waals surface area contributed by atoms with E-state index in [4.69, 9.17) is 0 Å². The molecule has 0 saturated heterocycles. The van der Waals surface area contributed by atoms with Crippen LogP contribution in [0.1, 0.15) is 5.56 Å². The largest absolute Gasteiger partial charge is 0.508 e. The SMILES string of the molecule is Oc1cc(Br)ccc1CNc1ccc(SNc2cccc3cccnc23)cc1. The summed E-state index contributed by atoms with van der Waals surface area (Å²) in [7, 11) is 0. The van der Waals surface area contributed by atoms with E-state index in [0.717, 1.165) is 37.2 Å². The monoisotopic (exact) mass is 451 g/mol. The standard InChI is InChI=1S/C22H18BrN3OS/c23-17-7-6-16(21(27)13-17)14-25-18-8-10-19(11-9-18)28-26-20-5-1-3-15-4-2-12-24-22(15)20/h1-13,25-27H,14H2. The first-order chi connectivity index (χ1) is 13.7. The lowest BCUT2D eigenvalue weighted by Crippen LogP contribution is -1.99. The molecule has 4 nitrogen and oxygen atoms in total. The highest BCUT2D eigenvalue weighted by atomic mass is 79.9. The molecule has 1 heterocycles. The van der Waals surface area contributed by atoms with E-state index in [1.165, 1.54) is 0 Å². The van der Waals surface area contributed by atoms with Crippen LogP contribution < -0.4 is 10.0 Å². The number of benzene rings is 3. The average molecular weight is 452 g/mol. The van der Waals surface area contributed by atoms with Crippen molar-refractivity contribution in [2.24, 2.45) is 0 Å². The third kappa shape index (κ3) is 4.40. The maximum absolute atomic E-state index is 9.98. The third-order valence-electron chi connectivity index (χ3n) is 4.30. The van der Waals surface area contributed by atoms with Crippen molar-refractivity contribution >= 4 is 50.2 Å². The Labute approximate surface area is 176 Å². The summed E-state index contributed by atoms with van der Waals surface area (Å²) >= 11 is 4.91. The Hall–Kier alpha value is -2.70. The van der Waals surface area contributed by atoms with Gasteiger partial charge in [0.25, 0.3) is 0 Å². The van der Waals surface area contributed by atoms with E-state index < -0.39 is 0 Å². The van der Waals surface area contributed by atoms with E-state index in [1.807, 2.05) is 48.7 Å². The Morgan fingerprint density at radius 3 is 2.61 bits per heavy atom. The molecule has 4 rings (SSSR count). The summed E-state index contributed by atoms with van der Waals surface area (Å²) in [4.78, 5) is 5.57. The van der Waals surface area contributed by atoms with E-state index in [-0.39, 0.29) is 5.75 Å². The first-order valence-electron chi connectivity index (χ1n) is 8.77. The maximum atomic E-state index is 9.98. The Morgan fingerprint density at radius 2 is 1.79 bits per heavy atom.